The van der Waals surface area contributed by atoms with Crippen LogP contribution in [-0.2, 0) is 0 Å². The third-order valence-corrected chi connectivity index (χ3v) is 1.93. The molecule has 0 fully saturated rings. The fraction of sp³-hybridized carbons (Fsp3) is 0. The summed E-state index contributed by atoms with van der Waals surface area (Å²) >= 11 is 0. The summed E-state index contributed by atoms with van der Waals surface area (Å²) in [7, 11) is 0. The fourth-order valence-corrected chi connectivity index (χ4v) is 1.21. The molecule has 0 amide bonds. The van der Waals surface area contributed by atoms with Crippen molar-refractivity contribution in [3.05, 3.63) is 59.8 Å². The maximum absolute atomic E-state index is 11.6. The van der Waals surface area contributed by atoms with Gasteiger partial charge in [-0.1, -0.05) is 18.2 Å². The number of benzene rings is 1. The first-order valence-electron chi connectivity index (χ1n) is 4.61. The van der Waals surface area contributed by atoms with Crippen LogP contribution in [0.4, 0.5) is 11.4 Å². The van der Waals surface area contributed by atoms with Crippen LogP contribution in [0.15, 0.2) is 54.9 Å². The first kappa shape index (κ1) is 9.33. The second-order valence-electron chi connectivity index (χ2n) is 3.03. The van der Waals surface area contributed by atoms with Crippen molar-refractivity contribution in [1.29, 1.82) is 0 Å². The lowest BCUT2D eigenvalue weighted by Gasteiger charge is -1.93. The van der Waals surface area contributed by atoms with Crippen LogP contribution in [0, 0.1) is 4.91 Å². The molecule has 0 bridgehead atoms. The van der Waals surface area contributed by atoms with Gasteiger partial charge in [-0.05, 0) is 6.07 Å². The summed E-state index contributed by atoms with van der Waals surface area (Å²) in [6.45, 7) is 0. The van der Waals surface area contributed by atoms with Crippen LogP contribution < -0.4 is 10.4 Å². The number of aromatic nitrogens is 1. The number of H-pyrrole nitrogens is 1. The van der Waals surface area contributed by atoms with Crippen LogP contribution >= 0.6 is 0 Å². The van der Waals surface area contributed by atoms with E-state index < -0.39 is 0 Å². The van der Waals surface area contributed by atoms with E-state index in [1.807, 2.05) is 30.3 Å². The van der Waals surface area contributed by atoms with E-state index in [4.69, 9.17) is 0 Å². The van der Waals surface area contributed by atoms with Crippen LogP contribution in [0.5, 0.6) is 0 Å². The lowest BCUT2D eigenvalue weighted by Crippen LogP contribution is -2.12. The minimum absolute atomic E-state index is 0.571. The molecular weight excluding hydrogens is 190 g/mol. The van der Waals surface area contributed by atoms with E-state index in [0.29, 0.717) is 5.69 Å². The molecule has 1 aromatic heterocycles. The molecule has 0 saturated heterocycles. The lowest BCUT2D eigenvalue weighted by molar-refractivity contribution is -0.430. The molecule has 0 spiro atoms. The summed E-state index contributed by atoms with van der Waals surface area (Å²) in [6, 6.07) is 12.6. The number of aromatic amines is 1. The molecule has 0 unspecified atom stereocenters. The highest BCUT2D eigenvalue weighted by Gasteiger charge is 2.13. The number of hydrogen-bond acceptors (Lipinski definition) is 1. The maximum Gasteiger partial charge on any atom is 0.292 e. The quantitative estimate of drug-likeness (QED) is 0.609. The number of hydrazine groups is 1. The van der Waals surface area contributed by atoms with Gasteiger partial charge in [0.1, 0.15) is 0 Å². The zero-order valence-electron chi connectivity index (χ0n) is 8.05. The topological polar surface area (TPSA) is 46.2 Å². The Hall–Kier alpha value is -2.23. The summed E-state index contributed by atoms with van der Waals surface area (Å²) < 4.78 is 0. The van der Waals surface area contributed by atoms with Crippen LogP contribution in [-0.4, -0.2) is 4.87 Å². The van der Waals surface area contributed by atoms with Gasteiger partial charge in [0.2, 0.25) is 0 Å². The van der Waals surface area contributed by atoms with E-state index in [0.717, 1.165) is 10.6 Å². The van der Waals surface area contributed by atoms with Gasteiger partial charge in [-0.2, -0.15) is 0 Å². The Labute approximate surface area is 87.1 Å². The summed E-state index contributed by atoms with van der Waals surface area (Å²) in [5, 5.41) is 0. The summed E-state index contributed by atoms with van der Waals surface area (Å²) in [5.74, 6) is 0. The Morgan fingerprint density at radius 2 is 1.87 bits per heavy atom. The highest BCUT2D eigenvalue weighted by atomic mass is 16.3. The Morgan fingerprint density at radius 1 is 1.07 bits per heavy atom. The monoisotopic (exact) mass is 201 g/mol. The number of hydrogen-bond donors (Lipinski definition) is 1. The molecule has 74 valence electrons. The van der Waals surface area contributed by atoms with Crippen LogP contribution in [0.2, 0.25) is 0 Å². The molecule has 0 aliphatic carbocycles. The van der Waals surface area contributed by atoms with E-state index >= 15 is 0 Å². The fourth-order valence-electron chi connectivity index (χ4n) is 1.21. The first-order valence-corrected chi connectivity index (χ1v) is 4.61. The van der Waals surface area contributed by atoms with Crippen molar-refractivity contribution in [3.63, 3.8) is 0 Å². The lowest BCUT2D eigenvalue weighted by atomic mass is 10.3. The van der Waals surface area contributed by atoms with Crippen molar-refractivity contribution in [2.75, 3.05) is 5.43 Å². The highest BCUT2D eigenvalue weighted by molar-refractivity contribution is 5.37. The molecule has 0 aliphatic heterocycles. The third kappa shape index (κ3) is 2.37. The highest BCUT2D eigenvalue weighted by Crippen LogP contribution is 2.11. The molecule has 2 rings (SSSR count). The average molecular weight is 201 g/mol. The number of nitrogens with zero attached hydrogens (tertiary/aromatic N) is 1. The van der Waals surface area contributed by atoms with Crippen LogP contribution in [0.25, 0.3) is 0 Å². The Kier molecular flexibility index (Phi) is 2.69. The zero-order valence-corrected chi connectivity index (χ0v) is 8.05. The Bertz CT molecular complexity index is 442. The van der Waals surface area contributed by atoms with Gasteiger partial charge in [0.05, 0.1) is 4.91 Å². The minimum atomic E-state index is 0.571. The average Bonchev–Trinajstić information content (AvgIpc) is 2.31. The molecule has 2 aromatic rings. The van der Waals surface area contributed by atoms with Gasteiger partial charge in [-0.25, -0.2) is 4.98 Å². The number of nitrogens with one attached hydrogen (secondary N) is 2. The number of nitroso groups, excluding NO2 is 1. The molecular formula is C11H11N3O+2. The van der Waals surface area contributed by atoms with Gasteiger partial charge in [-0.15, -0.1) is 5.43 Å². The minimum Gasteiger partial charge on any atom is -0.216 e. The Balaban J connectivity index is 2.12. The molecule has 0 radical (unpaired) electrons. The molecule has 0 saturated carbocycles. The van der Waals surface area contributed by atoms with Crippen molar-refractivity contribution < 1.29 is 9.85 Å². The molecule has 15 heavy (non-hydrogen) atoms. The normalized spacial score (nSPS) is 9.60. The number of para-hydroxylation sites is 1. The molecule has 4 nitrogen and oxygen atoms in total. The Morgan fingerprint density at radius 3 is 2.53 bits per heavy atom. The van der Waals surface area contributed by atoms with Gasteiger partial charge >= 0.3 is 0 Å². The summed E-state index contributed by atoms with van der Waals surface area (Å²) in [6.07, 6.45) is 3.50. The molecule has 4 heteroatoms. The van der Waals surface area contributed by atoms with Crippen molar-refractivity contribution in [3.8, 4) is 0 Å². The number of anilines is 1. The van der Waals surface area contributed by atoms with Crippen molar-refractivity contribution in [1.82, 2.24) is 0 Å². The van der Waals surface area contributed by atoms with Gasteiger partial charge in [0.15, 0.2) is 23.0 Å². The van der Waals surface area contributed by atoms with E-state index in [9.17, 15) is 4.91 Å². The van der Waals surface area contributed by atoms with E-state index in [-0.39, 0.29) is 0 Å². The second kappa shape index (κ2) is 4.32. The standard InChI is InChI=1S/C11H10N3O/c15-14(11-6-2-1-3-7-11)13-10-5-4-8-12-9-10/h1-9H,(H,13,15)/q+1/p+1. The van der Waals surface area contributed by atoms with Crippen molar-refractivity contribution in [2.45, 2.75) is 0 Å². The smallest absolute Gasteiger partial charge is 0.216 e. The van der Waals surface area contributed by atoms with E-state index in [1.54, 1.807) is 24.5 Å². The number of rotatable bonds is 3. The van der Waals surface area contributed by atoms with Gasteiger partial charge < -0.3 is 0 Å². The van der Waals surface area contributed by atoms with E-state index in [1.165, 1.54) is 0 Å². The predicted molar refractivity (Wildman–Crippen MR) is 56.3 cm³/mol. The number of pyridine rings is 1. The molecule has 0 aliphatic rings. The first-order chi connectivity index (χ1) is 7.36. The maximum atomic E-state index is 11.6. The summed E-state index contributed by atoms with van der Waals surface area (Å²) in [4.78, 5) is 15.2. The SMILES string of the molecule is O=[N+](Nc1ccc[nH+]c1)c1ccccc1. The van der Waals surface area contributed by atoms with Crippen molar-refractivity contribution in [2.24, 2.45) is 0 Å². The molecule has 2 N–H and O–H groups in total. The predicted octanol–water partition coefficient (Wildman–Crippen LogP) is 1.94. The summed E-state index contributed by atoms with van der Waals surface area (Å²) in [5.41, 5.74) is 3.99. The zero-order chi connectivity index (χ0) is 10.5. The molecule has 1 aromatic carbocycles. The van der Waals surface area contributed by atoms with Crippen molar-refractivity contribution >= 4 is 11.4 Å². The molecule has 1 heterocycles. The second-order valence-corrected chi connectivity index (χ2v) is 3.03. The van der Waals surface area contributed by atoms with Gasteiger partial charge in [-0.3, -0.25) is 0 Å². The largest absolute Gasteiger partial charge is 0.292 e. The van der Waals surface area contributed by atoms with E-state index in [2.05, 4.69) is 10.4 Å². The third-order valence-electron chi connectivity index (χ3n) is 1.93. The van der Waals surface area contributed by atoms with Gasteiger partial charge in [0.25, 0.3) is 5.69 Å². The van der Waals surface area contributed by atoms with Crippen LogP contribution in [0.1, 0.15) is 0 Å². The van der Waals surface area contributed by atoms with Gasteiger partial charge in [0, 0.05) is 18.2 Å². The molecule has 0 atom stereocenters. The van der Waals surface area contributed by atoms with Crippen LogP contribution in [0.3, 0.4) is 0 Å².